The fraction of sp³-hybridized carbons (Fsp3) is 0.632. The van der Waals surface area contributed by atoms with Crippen molar-refractivity contribution in [2.75, 3.05) is 32.8 Å². The summed E-state index contributed by atoms with van der Waals surface area (Å²) in [6.07, 6.45) is -0.107. The summed E-state index contributed by atoms with van der Waals surface area (Å²) in [7, 11) is -3.71. The van der Waals surface area contributed by atoms with E-state index in [1.807, 2.05) is 0 Å². The zero-order chi connectivity index (χ0) is 20.9. The van der Waals surface area contributed by atoms with Gasteiger partial charge in [0.1, 0.15) is 0 Å². The van der Waals surface area contributed by atoms with Gasteiger partial charge in [0.2, 0.25) is 10.0 Å². The number of morpholine rings is 1. The van der Waals surface area contributed by atoms with Crippen LogP contribution in [0.15, 0.2) is 23.1 Å². The van der Waals surface area contributed by atoms with Crippen LogP contribution in [0.1, 0.15) is 38.1 Å². The molecular formula is C19H30ClN3O4S. The molecule has 1 amide bonds. The van der Waals surface area contributed by atoms with Crippen LogP contribution in [-0.4, -0.2) is 64.2 Å². The summed E-state index contributed by atoms with van der Waals surface area (Å²) in [5, 5.41) is 3.01. The van der Waals surface area contributed by atoms with Gasteiger partial charge in [-0.25, -0.2) is 13.1 Å². The maximum Gasteiger partial charge on any atom is 0.252 e. The first-order chi connectivity index (χ1) is 13.1. The van der Waals surface area contributed by atoms with Crippen molar-refractivity contribution in [2.24, 2.45) is 5.92 Å². The van der Waals surface area contributed by atoms with Crippen molar-refractivity contribution >= 4 is 27.5 Å². The van der Waals surface area contributed by atoms with Crippen LogP contribution in [-0.2, 0) is 14.8 Å². The third kappa shape index (κ3) is 6.70. The van der Waals surface area contributed by atoms with E-state index < -0.39 is 15.9 Å². The normalized spacial score (nSPS) is 18.6. The van der Waals surface area contributed by atoms with Crippen LogP contribution in [0.5, 0.6) is 0 Å². The zero-order valence-corrected chi connectivity index (χ0v) is 18.4. The molecule has 1 saturated heterocycles. The van der Waals surface area contributed by atoms with Gasteiger partial charge in [0, 0.05) is 32.2 Å². The summed E-state index contributed by atoms with van der Waals surface area (Å²) in [6, 6.07) is 3.86. The van der Waals surface area contributed by atoms with E-state index in [1.165, 1.54) is 18.2 Å². The quantitative estimate of drug-likeness (QED) is 0.658. The predicted molar refractivity (Wildman–Crippen MR) is 110 cm³/mol. The second kappa shape index (κ2) is 10.0. The standard InChI is InChI=1S/C19H30ClN3O4S/c1-13(2)11-23-7-8-27-15(12-23)10-21-19(24)17-9-16(5-6-18(17)20)28(25,26)22-14(3)4/h5-6,9,13-15,22H,7-8,10-12H2,1-4H3,(H,21,24). The van der Waals surface area contributed by atoms with Crippen molar-refractivity contribution < 1.29 is 17.9 Å². The highest BCUT2D eigenvalue weighted by atomic mass is 35.5. The number of hydrogen-bond acceptors (Lipinski definition) is 5. The Morgan fingerprint density at radius 1 is 1.32 bits per heavy atom. The molecule has 0 bridgehead atoms. The van der Waals surface area contributed by atoms with Crippen LogP contribution in [0.4, 0.5) is 0 Å². The summed E-state index contributed by atoms with van der Waals surface area (Å²) < 4.78 is 32.9. The van der Waals surface area contributed by atoms with E-state index in [2.05, 4.69) is 28.8 Å². The smallest absolute Gasteiger partial charge is 0.252 e. The van der Waals surface area contributed by atoms with Crippen LogP contribution in [0, 0.1) is 5.92 Å². The highest BCUT2D eigenvalue weighted by Crippen LogP contribution is 2.21. The van der Waals surface area contributed by atoms with Crippen molar-refractivity contribution in [3.05, 3.63) is 28.8 Å². The molecule has 1 fully saturated rings. The molecule has 2 rings (SSSR count). The summed E-state index contributed by atoms with van der Waals surface area (Å²) in [5.41, 5.74) is 0.128. The molecule has 9 heteroatoms. The van der Waals surface area contributed by atoms with E-state index in [-0.39, 0.29) is 27.6 Å². The van der Waals surface area contributed by atoms with Crippen LogP contribution >= 0.6 is 11.6 Å². The van der Waals surface area contributed by atoms with E-state index in [0.29, 0.717) is 19.1 Å². The molecule has 28 heavy (non-hydrogen) atoms. The molecule has 0 saturated carbocycles. The first-order valence-corrected chi connectivity index (χ1v) is 11.4. The average Bonchev–Trinajstić information content (AvgIpc) is 2.58. The van der Waals surface area contributed by atoms with Gasteiger partial charge >= 0.3 is 0 Å². The molecule has 1 aromatic carbocycles. The zero-order valence-electron chi connectivity index (χ0n) is 16.9. The molecule has 1 unspecified atom stereocenters. The fourth-order valence-corrected chi connectivity index (χ4v) is 4.59. The van der Waals surface area contributed by atoms with Gasteiger partial charge in [-0.05, 0) is 38.0 Å². The van der Waals surface area contributed by atoms with E-state index >= 15 is 0 Å². The van der Waals surface area contributed by atoms with Crippen LogP contribution in [0.25, 0.3) is 0 Å². The third-order valence-electron chi connectivity index (χ3n) is 4.22. The lowest BCUT2D eigenvalue weighted by molar-refractivity contribution is -0.0295. The van der Waals surface area contributed by atoms with Gasteiger partial charge in [-0.2, -0.15) is 0 Å². The second-order valence-corrected chi connectivity index (χ2v) is 9.90. The molecule has 7 nitrogen and oxygen atoms in total. The molecule has 1 heterocycles. The number of ether oxygens (including phenoxy) is 1. The Morgan fingerprint density at radius 2 is 2.04 bits per heavy atom. The summed E-state index contributed by atoms with van der Waals surface area (Å²) in [4.78, 5) is 14.9. The molecule has 2 N–H and O–H groups in total. The Hall–Kier alpha value is -1.19. The topological polar surface area (TPSA) is 87.7 Å². The number of sulfonamides is 1. The largest absolute Gasteiger partial charge is 0.374 e. The van der Waals surface area contributed by atoms with Gasteiger partial charge in [0.25, 0.3) is 5.91 Å². The van der Waals surface area contributed by atoms with E-state index in [0.717, 1.165) is 19.6 Å². The molecule has 1 aromatic rings. The molecule has 0 spiro atoms. The number of benzene rings is 1. The number of rotatable bonds is 8. The number of carbonyl (C=O) groups is 1. The monoisotopic (exact) mass is 431 g/mol. The molecule has 0 aromatic heterocycles. The molecule has 0 aliphatic carbocycles. The van der Waals surface area contributed by atoms with Gasteiger partial charge in [0.05, 0.1) is 28.2 Å². The minimum Gasteiger partial charge on any atom is -0.374 e. The lowest BCUT2D eigenvalue weighted by Crippen LogP contribution is -2.48. The number of halogens is 1. The number of hydrogen-bond donors (Lipinski definition) is 2. The molecule has 1 aliphatic rings. The van der Waals surface area contributed by atoms with Crippen LogP contribution in [0.3, 0.4) is 0 Å². The van der Waals surface area contributed by atoms with Gasteiger partial charge < -0.3 is 10.1 Å². The minimum absolute atomic E-state index is 0.00720. The van der Waals surface area contributed by atoms with Gasteiger partial charge in [-0.1, -0.05) is 25.4 Å². The van der Waals surface area contributed by atoms with E-state index in [4.69, 9.17) is 16.3 Å². The first kappa shape index (κ1) is 23.1. The number of nitrogens with one attached hydrogen (secondary N) is 2. The fourth-order valence-electron chi connectivity index (χ4n) is 3.11. The predicted octanol–water partition coefficient (Wildman–Crippen LogP) is 2.11. The SMILES string of the molecule is CC(C)CN1CCOC(CNC(=O)c2cc(S(=O)(=O)NC(C)C)ccc2Cl)C1. The van der Waals surface area contributed by atoms with Crippen LogP contribution in [0.2, 0.25) is 5.02 Å². The highest BCUT2D eigenvalue weighted by Gasteiger charge is 2.23. The van der Waals surface area contributed by atoms with E-state index in [9.17, 15) is 13.2 Å². The molecule has 1 atom stereocenters. The third-order valence-corrected chi connectivity index (χ3v) is 6.21. The summed E-state index contributed by atoms with van der Waals surface area (Å²) in [5.74, 6) is 0.146. The van der Waals surface area contributed by atoms with Gasteiger partial charge in [-0.3, -0.25) is 9.69 Å². The van der Waals surface area contributed by atoms with Crippen molar-refractivity contribution in [1.82, 2.24) is 14.9 Å². The lowest BCUT2D eigenvalue weighted by atomic mass is 10.1. The number of amides is 1. The number of carbonyl (C=O) groups excluding carboxylic acids is 1. The van der Waals surface area contributed by atoms with Crippen molar-refractivity contribution in [3.8, 4) is 0 Å². The molecular weight excluding hydrogens is 402 g/mol. The maximum atomic E-state index is 12.6. The minimum atomic E-state index is -3.71. The molecule has 158 valence electrons. The van der Waals surface area contributed by atoms with Crippen molar-refractivity contribution in [3.63, 3.8) is 0 Å². The van der Waals surface area contributed by atoms with Gasteiger partial charge in [-0.15, -0.1) is 0 Å². The molecule has 1 aliphatic heterocycles. The lowest BCUT2D eigenvalue weighted by Gasteiger charge is -2.34. The van der Waals surface area contributed by atoms with Crippen LogP contribution < -0.4 is 10.0 Å². The Bertz CT molecular complexity index is 783. The van der Waals surface area contributed by atoms with Gasteiger partial charge in [0.15, 0.2) is 0 Å². The Morgan fingerprint density at radius 3 is 2.68 bits per heavy atom. The second-order valence-electron chi connectivity index (χ2n) is 7.77. The van der Waals surface area contributed by atoms with Crippen molar-refractivity contribution in [1.29, 1.82) is 0 Å². The molecule has 0 radical (unpaired) electrons. The van der Waals surface area contributed by atoms with Crippen molar-refractivity contribution in [2.45, 2.75) is 44.7 Å². The summed E-state index contributed by atoms with van der Waals surface area (Å²) >= 11 is 6.13. The van der Waals surface area contributed by atoms with E-state index in [1.54, 1.807) is 13.8 Å². The number of nitrogens with zero attached hydrogens (tertiary/aromatic N) is 1. The highest BCUT2D eigenvalue weighted by molar-refractivity contribution is 7.89. The average molecular weight is 432 g/mol. The summed E-state index contributed by atoms with van der Waals surface area (Å²) in [6.45, 7) is 11.4. The maximum absolute atomic E-state index is 12.6. The Labute approximate surface area is 172 Å². The first-order valence-electron chi connectivity index (χ1n) is 9.52. The Kier molecular flexibility index (Phi) is 8.27. The Balaban J connectivity index is 2.03.